The summed E-state index contributed by atoms with van der Waals surface area (Å²) >= 11 is 0. The molecule has 0 aliphatic carbocycles. The maximum atomic E-state index is 14.8. The third kappa shape index (κ3) is 10.9. The van der Waals surface area contributed by atoms with Crippen LogP contribution >= 0.6 is 0 Å². The predicted molar refractivity (Wildman–Crippen MR) is 262 cm³/mol. The molecular weight excluding hydrogens is 871 g/mol. The van der Waals surface area contributed by atoms with E-state index in [4.69, 9.17) is 0 Å². The SMILES string of the molecule is C=CC(=O)Nc1ccc2c(c1)c(C)cn2-c1nc(Nc2cn(CCN(C)C)nc2C)ncc1F.C=CC(=O)Nc1ccc2c(c1)c(C)cn2-c1nc(Nc2cnn(CCN(C)C)c2C)ncc1F. The molecule has 8 rings (SSSR count). The van der Waals surface area contributed by atoms with Crippen LogP contribution in [0.1, 0.15) is 22.5 Å². The highest BCUT2D eigenvalue weighted by molar-refractivity contribution is 6.01. The fourth-order valence-corrected chi connectivity index (χ4v) is 7.24. The lowest BCUT2D eigenvalue weighted by Gasteiger charge is -2.11. The van der Waals surface area contributed by atoms with Crippen molar-refractivity contribution in [3.63, 3.8) is 0 Å². The molecule has 0 fully saturated rings. The topological polar surface area (TPSA) is 186 Å². The molecule has 6 aromatic heterocycles. The van der Waals surface area contributed by atoms with Gasteiger partial charge < -0.3 is 31.1 Å². The average molecular weight is 925 g/mol. The number of aromatic nitrogens is 10. The Kier molecular flexibility index (Phi) is 14.5. The van der Waals surface area contributed by atoms with Gasteiger partial charge in [0.25, 0.3) is 0 Å². The van der Waals surface area contributed by atoms with E-state index in [9.17, 15) is 18.4 Å². The molecule has 18 nitrogen and oxygen atoms in total. The Morgan fingerprint density at radius 1 is 0.676 bits per heavy atom. The fourth-order valence-electron chi connectivity index (χ4n) is 7.24. The van der Waals surface area contributed by atoms with Crippen LogP contribution in [0, 0.1) is 39.3 Å². The second-order valence-corrected chi connectivity index (χ2v) is 16.6. The van der Waals surface area contributed by atoms with Gasteiger partial charge >= 0.3 is 0 Å². The van der Waals surface area contributed by atoms with Gasteiger partial charge in [-0.2, -0.15) is 20.2 Å². The van der Waals surface area contributed by atoms with Crippen LogP contribution in [0.3, 0.4) is 0 Å². The monoisotopic (exact) mass is 924 g/mol. The summed E-state index contributed by atoms with van der Waals surface area (Å²) in [5.41, 5.74) is 7.84. The highest BCUT2D eigenvalue weighted by atomic mass is 19.1. The first-order valence-corrected chi connectivity index (χ1v) is 21.6. The molecule has 2 amide bonds. The number of amides is 2. The molecule has 6 heterocycles. The number of anilines is 6. The Morgan fingerprint density at radius 3 is 1.65 bits per heavy atom. The molecule has 352 valence electrons. The van der Waals surface area contributed by atoms with Crippen molar-refractivity contribution in [2.75, 3.05) is 62.5 Å². The number of aryl methyl sites for hydroxylation is 3. The Hall–Kier alpha value is -8.10. The van der Waals surface area contributed by atoms with Crippen molar-refractivity contribution in [2.45, 2.75) is 40.8 Å². The van der Waals surface area contributed by atoms with Gasteiger partial charge in [-0.1, -0.05) is 13.2 Å². The molecule has 0 spiro atoms. The number of carbonyl (C=O) groups is 2. The van der Waals surface area contributed by atoms with Gasteiger partial charge in [-0.3, -0.25) is 28.1 Å². The number of likely N-dealkylation sites (N-methyl/N-ethyl adjacent to an activating group) is 2. The van der Waals surface area contributed by atoms with Crippen LogP contribution < -0.4 is 21.3 Å². The Morgan fingerprint density at radius 2 is 1.16 bits per heavy atom. The summed E-state index contributed by atoms with van der Waals surface area (Å²) in [5, 5.41) is 22.5. The van der Waals surface area contributed by atoms with E-state index < -0.39 is 11.6 Å². The molecule has 8 aromatic rings. The quantitative estimate of drug-likeness (QED) is 0.0697. The predicted octanol–water partition coefficient (Wildman–Crippen LogP) is 7.61. The lowest BCUT2D eigenvalue weighted by atomic mass is 10.2. The van der Waals surface area contributed by atoms with E-state index in [2.05, 4.69) is 74.4 Å². The summed E-state index contributed by atoms with van der Waals surface area (Å²) in [4.78, 5) is 44.6. The first-order valence-electron chi connectivity index (χ1n) is 21.6. The zero-order chi connectivity index (χ0) is 48.8. The van der Waals surface area contributed by atoms with Gasteiger partial charge in [0.2, 0.25) is 23.7 Å². The minimum absolute atomic E-state index is 0.121. The number of rotatable bonds is 16. The number of fused-ring (bicyclic) bond motifs is 2. The van der Waals surface area contributed by atoms with Crippen molar-refractivity contribution in [1.29, 1.82) is 0 Å². The van der Waals surface area contributed by atoms with Crippen LogP contribution in [-0.4, -0.2) is 112 Å². The van der Waals surface area contributed by atoms with E-state index in [0.717, 1.165) is 94.3 Å². The largest absolute Gasteiger partial charge is 0.323 e. The molecule has 20 heteroatoms. The van der Waals surface area contributed by atoms with Crippen molar-refractivity contribution in [3.05, 3.63) is 133 Å². The Labute approximate surface area is 392 Å². The van der Waals surface area contributed by atoms with Crippen LogP contribution in [0.4, 0.5) is 43.4 Å². The van der Waals surface area contributed by atoms with Gasteiger partial charge in [0.1, 0.15) is 0 Å². The van der Waals surface area contributed by atoms with Crippen molar-refractivity contribution < 1.29 is 18.4 Å². The minimum Gasteiger partial charge on any atom is -0.323 e. The molecule has 0 saturated carbocycles. The van der Waals surface area contributed by atoms with Crippen LogP contribution in [0.2, 0.25) is 0 Å². The molecule has 0 unspecified atom stereocenters. The highest BCUT2D eigenvalue weighted by Gasteiger charge is 2.18. The number of hydrogen-bond donors (Lipinski definition) is 4. The first kappa shape index (κ1) is 47.9. The first-order chi connectivity index (χ1) is 32.5. The van der Waals surface area contributed by atoms with Crippen molar-refractivity contribution in [1.82, 2.24) is 58.4 Å². The van der Waals surface area contributed by atoms with Crippen molar-refractivity contribution in [2.24, 2.45) is 0 Å². The van der Waals surface area contributed by atoms with Gasteiger partial charge in [0, 0.05) is 53.8 Å². The van der Waals surface area contributed by atoms with Gasteiger partial charge in [-0.25, -0.2) is 18.7 Å². The number of halogens is 2. The minimum atomic E-state index is -0.551. The summed E-state index contributed by atoms with van der Waals surface area (Å²) in [6.07, 6.45) is 11.9. The van der Waals surface area contributed by atoms with Crippen molar-refractivity contribution >= 4 is 68.3 Å². The van der Waals surface area contributed by atoms with Gasteiger partial charge in [-0.15, -0.1) is 0 Å². The summed E-state index contributed by atoms with van der Waals surface area (Å²) in [7, 11) is 8.04. The van der Waals surface area contributed by atoms with E-state index in [1.807, 2.05) is 108 Å². The molecule has 0 aliphatic rings. The fraction of sp³-hybridized carbons (Fsp3) is 0.250. The van der Waals surface area contributed by atoms with Crippen LogP contribution in [0.25, 0.3) is 33.4 Å². The molecule has 0 bridgehead atoms. The van der Waals surface area contributed by atoms with Crippen LogP contribution in [0.5, 0.6) is 0 Å². The van der Waals surface area contributed by atoms with E-state index in [0.29, 0.717) is 11.4 Å². The van der Waals surface area contributed by atoms with Gasteiger partial charge in [0.05, 0.1) is 65.5 Å². The zero-order valence-electron chi connectivity index (χ0n) is 39.3. The number of benzene rings is 2. The molecule has 0 radical (unpaired) electrons. The van der Waals surface area contributed by atoms with E-state index >= 15 is 0 Å². The summed E-state index contributed by atoms with van der Waals surface area (Å²) in [6.45, 7) is 17.8. The van der Waals surface area contributed by atoms with Gasteiger partial charge in [0.15, 0.2) is 23.3 Å². The Balaban J connectivity index is 0.000000201. The third-order valence-corrected chi connectivity index (χ3v) is 10.9. The average Bonchev–Trinajstić information content (AvgIpc) is 4.05. The molecular formula is C48H54F2N16O2. The second-order valence-electron chi connectivity index (χ2n) is 16.6. The van der Waals surface area contributed by atoms with E-state index in [-0.39, 0.29) is 35.3 Å². The lowest BCUT2D eigenvalue weighted by Crippen LogP contribution is -2.19. The lowest BCUT2D eigenvalue weighted by molar-refractivity contribution is -0.112. The maximum absolute atomic E-state index is 14.8. The van der Waals surface area contributed by atoms with Gasteiger partial charge in [-0.05, 0) is 116 Å². The van der Waals surface area contributed by atoms with Crippen molar-refractivity contribution in [3.8, 4) is 11.6 Å². The van der Waals surface area contributed by atoms with Crippen LogP contribution in [0.15, 0.2) is 98.9 Å². The third-order valence-electron chi connectivity index (χ3n) is 10.9. The highest BCUT2D eigenvalue weighted by Crippen LogP contribution is 2.30. The number of hydrogen-bond acceptors (Lipinski definition) is 12. The molecule has 0 atom stereocenters. The summed E-state index contributed by atoms with van der Waals surface area (Å²) < 4.78 is 36.8. The molecule has 4 N–H and O–H groups in total. The summed E-state index contributed by atoms with van der Waals surface area (Å²) in [6, 6.07) is 10.8. The summed E-state index contributed by atoms with van der Waals surface area (Å²) in [5.74, 6) is -0.923. The molecule has 0 saturated heterocycles. The van der Waals surface area contributed by atoms with Crippen LogP contribution in [-0.2, 0) is 22.7 Å². The molecule has 2 aromatic carbocycles. The van der Waals surface area contributed by atoms with E-state index in [1.165, 1.54) is 12.2 Å². The standard InChI is InChI=1S/2C24H27FN8O/c1-6-22(34)28-17-7-8-21-18(11-17)15(2)14-32(21)23-19(25)12-26-24(30-23)29-20-13-27-33(16(20)3)10-9-31(4)5;1-6-22(34)27-17-7-8-21-18(11-17)15(2)13-33(21)23-19(25)12-26-24(29-23)28-20-14-32(30-16(20)3)10-9-31(4)5/h6-8,11-14H,1,9-10H2,2-5H3,(H,28,34)(H,26,29,30);6-8,11-14H,1,9-10H2,2-5H3,(H,27,34)(H,26,28,29). The molecule has 68 heavy (non-hydrogen) atoms. The molecule has 0 aliphatic heterocycles. The van der Waals surface area contributed by atoms with E-state index in [1.54, 1.807) is 27.5 Å². The number of nitrogens with zero attached hydrogens (tertiary/aromatic N) is 12. The number of carbonyl (C=O) groups excluding carboxylic acids is 2. The maximum Gasteiger partial charge on any atom is 0.247 e. The smallest absolute Gasteiger partial charge is 0.247 e. The second kappa shape index (κ2) is 20.6. The Bertz CT molecular complexity index is 3010. The number of nitrogens with one attached hydrogen (secondary N) is 4. The normalized spacial score (nSPS) is 11.2. The zero-order valence-corrected chi connectivity index (χ0v) is 39.3.